The zero-order valence-electron chi connectivity index (χ0n) is 13.3. The summed E-state index contributed by atoms with van der Waals surface area (Å²) in [6.07, 6.45) is 6.62. The van der Waals surface area contributed by atoms with Gasteiger partial charge in [0.25, 0.3) is 0 Å². The normalized spacial score (nSPS) is 24.0. The van der Waals surface area contributed by atoms with Gasteiger partial charge in [0.15, 0.2) is 0 Å². The van der Waals surface area contributed by atoms with E-state index in [0.29, 0.717) is 12.6 Å². The lowest BCUT2D eigenvalue weighted by molar-refractivity contribution is -0.156. The SMILES string of the molecule is CN1CCCCC1COC(=O)C1(c2ccccc2)CCC1.Cl. The van der Waals surface area contributed by atoms with Crippen molar-refractivity contribution in [3.05, 3.63) is 35.9 Å². The highest BCUT2D eigenvalue weighted by atomic mass is 35.5. The number of piperidine rings is 1. The molecule has 1 aromatic rings. The molecule has 0 N–H and O–H groups in total. The van der Waals surface area contributed by atoms with Crippen LogP contribution in [0.2, 0.25) is 0 Å². The maximum Gasteiger partial charge on any atom is 0.316 e. The Balaban J connectivity index is 0.00000176. The van der Waals surface area contributed by atoms with Crippen LogP contribution in [0.25, 0.3) is 0 Å². The molecule has 22 heavy (non-hydrogen) atoms. The van der Waals surface area contributed by atoms with E-state index in [2.05, 4.69) is 24.1 Å². The zero-order valence-corrected chi connectivity index (χ0v) is 14.1. The summed E-state index contributed by atoms with van der Waals surface area (Å²) in [5.41, 5.74) is 0.757. The molecule has 2 aliphatic rings. The predicted octanol–water partition coefficient (Wildman–Crippen LogP) is 3.56. The molecule has 0 bridgehead atoms. The van der Waals surface area contributed by atoms with Crippen LogP contribution in [0.15, 0.2) is 30.3 Å². The van der Waals surface area contributed by atoms with Gasteiger partial charge in [-0.05, 0) is 44.8 Å². The lowest BCUT2D eigenvalue weighted by Crippen LogP contribution is -2.46. The molecule has 0 amide bonds. The minimum Gasteiger partial charge on any atom is -0.463 e. The van der Waals surface area contributed by atoms with E-state index in [9.17, 15) is 4.79 Å². The van der Waals surface area contributed by atoms with Gasteiger partial charge in [-0.3, -0.25) is 4.79 Å². The first-order chi connectivity index (χ1) is 10.2. The summed E-state index contributed by atoms with van der Waals surface area (Å²) in [6.45, 7) is 1.66. The Morgan fingerprint density at radius 1 is 1.23 bits per heavy atom. The second-order valence-electron chi connectivity index (χ2n) is 6.53. The summed E-state index contributed by atoms with van der Waals surface area (Å²) in [4.78, 5) is 15.0. The minimum atomic E-state index is -0.367. The monoisotopic (exact) mass is 323 g/mol. The Morgan fingerprint density at radius 2 is 1.95 bits per heavy atom. The van der Waals surface area contributed by atoms with Gasteiger partial charge >= 0.3 is 5.97 Å². The molecule has 2 fully saturated rings. The molecular weight excluding hydrogens is 298 g/mol. The quantitative estimate of drug-likeness (QED) is 0.793. The minimum absolute atomic E-state index is 0. The highest BCUT2D eigenvalue weighted by Crippen LogP contribution is 2.44. The van der Waals surface area contributed by atoms with Crippen molar-refractivity contribution in [3.63, 3.8) is 0 Å². The van der Waals surface area contributed by atoms with Crippen molar-refractivity contribution in [1.29, 1.82) is 0 Å². The van der Waals surface area contributed by atoms with Crippen molar-refractivity contribution in [2.75, 3.05) is 20.2 Å². The average Bonchev–Trinajstić information content (AvgIpc) is 2.46. The summed E-state index contributed by atoms with van der Waals surface area (Å²) < 4.78 is 5.73. The Bertz CT molecular complexity index is 487. The number of rotatable bonds is 4. The number of carbonyl (C=O) groups excluding carboxylic acids is 1. The lowest BCUT2D eigenvalue weighted by atomic mass is 9.64. The molecule has 0 radical (unpaired) electrons. The molecule has 1 aliphatic heterocycles. The van der Waals surface area contributed by atoms with Crippen LogP contribution < -0.4 is 0 Å². The van der Waals surface area contributed by atoms with Gasteiger partial charge in [0.05, 0.1) is 5.41 Å². The van der Waals surface area contributed by atoms with Crippen molar-refractivity contribution in [1.82, 2.24) is 4.90 Å². The Morgan fingerprint density at radius 3 is 2.55 bits per heavy atom. The molecular formula is C18H26ClNO2. The third-order valence-corrected chi connectivity index (χ3v) is 5.25. The predicted molar refractivity (Wildman–Crippen MR) is 90.4 cm³/mol. The van der Waals surface area contributed by atoms with E-state index in [-0.39, 0.29) is 23.8 Å². The number of benzene rings is 1. The van der Waals surface area contributed by atoms with Gasteiger partial charge in [-0.25, -0.2) is 0 Å². The molecule has 3 rings (SSSR count). The van der Waals surface area contributed by atoms with Crippen molar-refractivity contribution in [2.24, 2.45) is 0 Å². The van der Waals surface area contributed by atoms with E-state index < -0.39 is 0 Å². The molecule has 1 saturated carbocycles. The fraction of sp³-hybridized carbons (Fsp3) is 0.611. The molecule has 4 heteroatoms. The standard InChI is InChI=1S/C18H25NO2.ClH/c1-19-13-6-5-10-16(19)14-21-17(20)18(11-7-12-18)15-8-3-2-4-9-15;/h2-4,8-9,16H,5-7,10-14H2,1H3;1H. The van der Waals surface area contributed by atoms with E-state index in [1.165, 1.54) is 12.8 Å². The number of esters is 1. The van der Waals surface area contributed by atoms with Gasteiger partial charge in [0.1, 0.15) is 6.61 Å². The number of hydrogen-bond donors (Lipinski definition) is 0. The highest BCUT2D eigenvalue weighted by Gasteiger charge is 2.47. The number of likely N-dealkylation sites (tertiary alicyclic amines) is 1. The highest BCUT2D eigenvalue weighted by molar-refractivity contribution is 5.85. The first kappa shape index (κ1) is 17.3. The second kappa shape index (κ2) is 7.47. The molecule has 0 aromatic heterocycles. The first-order valence-electron chi connectivity index (χ1n) is 8.15. The zero-order chi connectivity index (χ0) is 14.7. The maximum absolute atomic E-state index is 12.7. The summed E-state index contributed by atoms with van der Waals surface area (Å²) >= 11 is 0. The summed E-state index contributed by atoms with van der Waals surface area (Å²) in [7, 11) is 2.13. The van der Waals surface area contributed by atoms with Gasteiger partial charge in [-0.1, -0.05) is 43.2 Å². The van der Waals surface area contributed by atoms with Crippen LogP contribution in [0.4, 0.5) is 0 Å². The molecule has 1 unspecified atom stereocenters. The van der Waals surface area contributed by atoms with E-state index in [4.69, 9.17) is 4.74 Å². The fourth-order valence-electron chi connectivity index (χ4n) is 3.56. The van der Waals surface area contributed by atoms with Crippen molar-refractivity contribution >= 4 is 18.4 Å². The van der Waals surface area contributed by atoms with Crippen LogP contribution >= 0.6 is 12.4 Å². The van der Waals surface area contributed by atoms with Crippen LogP contribution in [-0.4, -0.2) is 37.1 Å². The first-order valence-corrected chi connectivity index (χ1v) is 8.15. The van der Waals surface area contributed by atoms with Crippen LogP contribution in [0.5, 0.6) is 0 Å². The van der Waals surface area contributed by atoms with Crippen LogP contribution in [0.3, 0.4) is 0 Å². The summed E-state index contributed by atoms with van der Waals surface area (Å²) in [5.74, 6) is -0.0149. The maximum atomic E-state index is 12.7. The Hall–Kier alpha value is -1.06. The van der Waals surface area contributed by atoms with Gasteiger partial charge in [0.2, 0.25) is 0 Å². The molecule has 1 atom stereocenters. The number of carbonyl (C=O) groups is 1. The third-order valence-electron chi connectivity index (χ3n) is 5.25. The van der Waals surface area contributed by atoms with E-state index in [0.717, 1.165) is 37.8 Å². The Kier molecular flexibility index (Phi) is 5.87. The van der Waals surface area contributed by atoms with E-state index >= 15 is 0 Å². The van der Waals surface area contributed by atoms with E-state index in [1.807, 2.05) is 18.2 Å². The number of halogens is 1. The van der Waals surface area contributed by atoms with Crippen molar-refractivity contribution in [2.45, 2.75) is 50.0 Å². The average molecular weight is 324 g/mol. The molecule has 122 valence electrons. The third kappa shape index (κ3) is 3.31. The van der Waals surface area contributed by atoms with Crippen molar-refractivity contribution in [3.8, 4) is 0 Å². The number of ether oxygens (including phenoxy) is 1. The van der Waals surface area contributed by atoms with E-state index in [1.54, 1.807) is 0 Å². The lowest BCUT2D eigenvalue weighted by Gasteiger charge is -2.40. The molecule has 3 nitrogen and oxygen atoms in total. The topological polar surface area (TPSA) is 29.5 Å². The number of hydrogen-bond acceptors (Lipinski definition) is 3. The van der Waals surface area contributed by atoms with Gasteiger partial charge < -0.3 is 9.64 Å². The number of likely N-dealkylation sites (N-methyl/N-ethyl adjacent to an activating group) is 1. The van der Waals surface area contributed by atoms with Gasteiger partial charge in [-0.2, -0.15) is 0 Å². The molecule has 0 spiro atoms. The summed E-state index contributed by atoms with van der Waals surface area (Å²) in [6, 6.07) is 10.5. The largest absolute Gasteiger partial charge is 0.463 e. The Labute approximate surface area is 139 Å². The second-order valence-corrected chi connectivity index (χ2v) is 6.53. The molecule has 1 saturated heterocycles. The van der Waals surface area contributed by atoms with Crippen molar-refractivity contribution < 1.29 is 9.53 Å². The number of nitrogens with zero attached hydrogens (tertiary/aromatic N) is 1. The fourth-order valence-corrected chi connectivity index (χ4v) is 3.56. The molecule has 1 aromatic carbocycles. The van der Waals surface area contributed by atoms with Gasteiger partial charge in [-0.15, -0.1) is 12.4 Å². The van der Waals surface area contributed by atoms with Crippen LogP contribution in [0, 0.1) is 0 Å². The van der Waals surface area contributed by atoms with Gasteiger partial charge in [0, 0.05) is 6.04 Å². The van der Waals surface area contributed by atoms with Crippen LogP contribution in [-0.2, 0) is 14.9 Å². The molecule has 1 aliphatic carbocycles. The smallest absolute Gasteiger partial charge is 0.316 e. The molecule has 1 heterocycles. The van der Waals surface area contributed by atoms with Crippen LogP contribution in [0.1, 0.15) is 44.1 Å². The summed E-state index contributed by atoms with van der Waals surface area (Å²) in [5, 5.41) is 0.